The van der Waals surface area contributed by atoms with E-state index in [0.29, 0.717) is 43.6 Å². The van der Waals surface area contributed by atoms with Crippen molar-refractivity contribution in [1.82, 2.24) is 0 Å². The molecule has 0 radical (unpaired) electrons. The molecular formula is C18H23F3O3. The minimum absolute atomic E-state index is 0.0925. The standard InChI is InChI=1S/C18H23F3O3/c1-11(2)10-24-16-8-7-14(18(19,20)21)9-15(16)12-3-5-13(6-4-12)17(22)23/h7-9,11-13H,3-6,10H2,1-2H3,(H,22,23). The Morgan fingerprint density at radius 3 is 2.38 bits per heavy atom. The largest absolute Gasteiger partial charge is 0.493 e. The van der Waals surface area contributed by atoms with Gasteiger partial charge in [-0.15, -0.1) is 0 Å². The Morgan fingerprint density at radius 1 is 1.25 bits per heavy atom. The summed E-state index contributed by atoms with van der Waals surface area (Å²) in [6.07, 6.45) is -2.30. The molecule has 6 heteroatoms. The molecule has 0 saturated heterocycles. The van der Waals surface area contributed by atoms with E-state index in [2.05, 4.69) is 0 Å². The van der Waals surface area contributed by atoms with Gasteiger partial charge in [-0.25, -0.2) is 0 Å². The summed E-state index contributed by atoms with van der Waals surface area (Å²) in [5, 5.41) is 9.07. The number of halogens is 3. The number of aliphatic carboxylic acids is 1. The third-order valence-electron chi connectivity index (χ3n) is 4.43. The van der Waals surface area contributed by atoms with E-state index in [9.17, 15) is 18.0 Å². The summed E-state index contributed by atoms with van der Waals surface area (Å²) in [5.41, 5.74) is -0.135. The molecule has 0 aromatic heterocycles. The highest BCUT2D eigenvalue weighted by atomic mass is 19.4. The molecule has 24 heavy (non-hydrogen) atoms. The molecule has 0 heterocycles. The Bertz CT molecular complexity index is 573. The Hall–Kier alpha value is -1.72. The average molecular weight is 344 g/mol. The van der Waals surface area contributed by atoms with Crippen LogP contribution in [0.15, 0.2) is 18.2 Å². The van der Waals surface area contributed by atoms with Crippen LogP contribution >= 0.6 is 0 Å². The predicted molar refractivity (Wildman–Crippen MR) is 84.1 cm³/mol. The number of hydrogen-bond acceptors (Lipinski definition) is 2. The predicted octanol–water partition coefficient (Wildman–Crippen LogP) is 5.10. The molecule has 2 rings (SSSR count). The molecule has 1 fully saturated rings. The fraction of sp³-hybridized carbons (Fsp3) is 0.611. The van der Waals surface area contributed by atoms with Crippen LogP contribution in [0.5, 0.6) is 5.75 Å². The second-order valence-corrected chi connectivity index (χ2v) is 6.84. The third-order valence-corrected chi connectivity index (χ3v) is 4.43. The van der Waals surface area contributed by atoms with Gasteiger partial charge in [0, 0.05) is 0 Å². The molecule has 1 saturated carbocycles. The summed E-state index contributed by atoms with van der Waals surface area (Å²) in [4.78, 5) is 11.1. The van der Waals surface area contributed by atoms with Gasteiger partial charge in [-0.05, 0) is 61.3 Å². The van der Waals surface area contributed by atoms with Gasteiger partial charge < -0.3 is 9.84 Å². The molecule has 1 aromatic rings. The van der Waals surface area contributed by atoms with E-state index in [-0.39, 0.29) is 11.8 Å². The van der Waals surface area contributed by atoms with E-state index in [4.69, 9.17) is 9.84 Å². The molecular weight excluding hydrogens is 321 g/mol. The fourth-order valence-corrected chi connectivity index (χ4v) is 3.08. The maximum atomic E-state index is 13.0. The van der Waals surface area contributed by atoms with E-state index in [1.54, 1.807) is 0 Å². The molecule has 3 nitrogen and oxygen atoms in total. The molecule has 134 valence electrons. The summed E-state index contributed by atoms with van der Waals surface area (Å²) < 4.78 is 44.8. The summed E-state index contributed by atoms with van der Waals surface area (Å²) in [7, 11) is 0. The molecule has 0 bridgehead atoms. The highest BCUT2D eigenvalue weighted by molar-refractivity contribution is 5.70. The van der Waals surface area contributed by atoms with Crippen LogP contribution in [0.1, 0.15) is 56.6 Å². The van der Waals surface area contributed by atoms with Crippen LogP contribution in [0, 0.1) is 11.8 Å². The van der Waals surface area contributed by atoms with Crippen LogP contribution in [0.2, 0.25) is 0 Å². The molecule has 0 unspecified atom stereocenters. The van der Waals surface area contributed by atoms with Crippen molar-refractivity contribution in [2.75, 3.05) is 6.61 Å². The second kappa shape index (κ2) is 7.45. The zero-order valence-electron chi connectivity index (χ0n) is 13.9. The van der Waals surface area contributed by atoms with Crippen molar-refractivity contribution in [3.05, 3.63) is 29.3 Å². The lowest BCUT2D eigenvalue weighted by atomic mass is 9.78. The van der Waals surface area contributed by atoms with Crippen molar-refractivity contribution < 1.29 is 27.8 Å². The van der Waals surface area contributed by atoms with Gasteiger partial charge in [0.25, 0.3) is 0 Å². The highest BCUT2D eigenvalue weighted by Crippen LogP contribution is 2.42. The average Bonchev–Trinajstić information content (AvgIpc) is 2.52. The normalized spacial score (nSPS) is 21.8. The van der Waals surface area contributed by atoms with Crippen molar-refractivity contribution in [3.8, 4) is 5.75 Å². The van der Waals surface area contributed by atoms with E-state index < -0.39 is 23.6 Å². The second-order valence-electron chi connectivity index (χ2n) is 6.84. The zero-order valence-corrected chi connectivity index (χ0v) is 13.9. The van der Waals surface area contributed by atoms with E-state index in [1.807, 2.05) is 13.8 Å². The van der Waals surface area contributed by atoms with Gasteiger partial charge in [0.05, 0.1) is 18.1 Å². The molecule has 1 aliphatic carbocycles. The maximum absolute atomic E-state index is 13.0. The van der Waals surface area contributed by atoms with Gasteiger partial charge >= 0.3 is 12.1 Å². The summed E-state index contributed by atoms with van der Waals surface area (Å²) in [6.45, 7) is 4.38. The van der Waals surface area contributed by atoms with Crippen LogP contribution in [-0.2, 0) is 11.0 Å². The Labute approximate surface area is 139 Å². The minimum Gasteiger partial charge on any atom is -0.493 e. The Morgan fingerprint density at radius 2 is 1.88 bits per heavy atom. The first-order valence-corrected chi connectivity index (χ1v) is 8.25. The van der Waals surface area contributed by atoms with E-state index in [0.717, 1.165) is 6.07 Å². The van der Waals surface area contributed by atoms with Crippen LogP contribution in [0.4, 0.5) is 13.2 Å². The number of hydrogen-bond donors (Lipinski definition) is 1. The van der Waals surface area contributed by atoms with Crippen LogP contribution < -0.4 is 4.74 Å². The fourth-order valence-electron chi connectivity index (χ4n) is 3.08. The first kappa shape index (κ1) is 18.6. The van der Waals surface area contributed by atoms with Gasteiger partial charge in [0.1, 0.15) is 5.75 Å². The number of ether oxygens (including phenoxy) is 1. The monoisotopic (exact) mass is 344 g/mol. The molecule has 0 amide bonds. The lowest BCUT2D eigenvalue weighted by molar-refractivity contribution is -0.142. The van der Waals surface area contributed by atoms with Crippen molar-refractivity contribution in [2.45, 2.75) is 51.6 Å². The van der Waals surface area contributed by atoms with Gasteiger partial charge in [0.15, 0.2) is 0 Å². The molecule has 0 atom stereocenters. The zero-order chi connectivity index (χ0) is 17.9. The van der Waals surface area contributed by atoms with Crippen molar-refractivity contribution in [1.29, 1.82) is 0 Å². The van der Waals surface area contributed by atoms with Gasteiger partial charge in [-0.1, -0.05) is 13.8 Å². The van der Waals surface area contributed by atoms with Gasteiger partial charge in [-0.3, -0.25) is 4.79 Å². The number of benzene rings is 1. The van der Waals surface area contributed by atoms with E-state index >= 15 is 0 Å². The van der Waals surface area contributed by atoms with Crippen molar-refractivity contribution >= 4 is 5.97 Å². The van der Waals surface area contributed by atoms with Gasteiger partial charge in [-0.2, -0.15) is 13.2 Å². The Kier molecular flexibility index (Phi) is 5.78. The smallest absolute Gasteiger partial charge is 0.416 e. The number of alkyl halides is 3. The number of carboxylic acids is 1. The number of rotatable bonds is 5. The van der Waals surface area contributed by atoms with E-state index in [1.165, 1.54) is 12.1 Å². The van der Waals surface area contributed by atoms with Crippen LogP contribution in [0.25, 0.3) is 0 Å². The Balaban J connectivity index is 2.25. The molecule has 1 aromatic carbocycles. The van der Waals surface area contributed by atoms with Crippen LogP contribution in [-0.4, -0.2) is 17.7 Å². The lowest BCUT2D eigenvalue weighted by Gasteiger charge is -2.28. The summed E-state index contributed by atoms with van der Waals surface area (Å²) >= 11 is 0. The van der Waals surface area contributed by atoms with Gasteiger partial charge in [0.2, 0.25) is 0 Å². The molecule has 1 aliphatic rings. The molecule has 0 spiro atoms. The number of carbonyl (C=O) groups is 1. The molecule has 1 N–H and O–H groups in total. The van der Waals surface area contributed by atoms with Crippen molar-refractivity contribution in [3.63, 3.8) is 0 Å². The topological polar surface area (TPSA) is 46.5 Å². The highest BCUT2D eigenvalue weighted by Gasteiger charge is 2.34. The molecule has 0 aliphatic heterocycles. The quantitative estimate of drug-likeness (QED) is 0.808. The first-order chi connectivity index (χ1) is 11.2. The first-order valence-electron chi connectivity index (χ1n) is 8.25. The van der Waals surface area contributed by atoms with Crippen LogP contribution in [0.3, 0.4) is 0 Å². The third kappa shape index (κ3) is 4.65. The maximum Gasteiger partial charge on any atom is 0.416 e. The lowest BCUT2D eigenvalue weighted by Crippen LogP contribution is -2.21. The minimum atomic E-state index is -4.40. The summed E-state index contributed by atoms with van der Waals surface area (Å²) in [6, 6.07) is 3.60. The van der Waals surface area contributed by atoms with Crippen molar-refractivity contribution in [2.24, 2.45) is 11.8 Å². The number of carboxylic acid groups (broad SMARTS) is 1. The summed E-state index contributed by atoms with van der Waals surface area (Å²) in [5.74, 6) is -0.565. The SMILES string of the molecule is CC(C)COc1ccc(C(F)(F)F)cc1C1CCC(C(=O)O)CC1.